The van der Waals surface area contributed by atoms with Gasteiger partial charge in [-0.15, -0.1) is 0 Å². The summed E-state index contributed by atoms with van der Waals surface area (Å²) < 4.78 is 16.3. The highest BCUT2D eigenvalue weighted by Crippen LogP contribution is 2.28. The lowest BCUT2D eigenvalue weighted by molar-refractivity contribution is -0.136. The Kier molecular flexibility index (Phi) is 6.35. The zero-order valence-corrected chi connectivity index (χ0v) is 19.5. The van der Waals surface area contributed by atoms with Crippen molar-refractivity contribution in [2.45, 2.75) is 38.6 Å². The summed E-state index contributed by atoms with van der Waals surface area (Å²) in [6.07, 6.45) is 2.77. The van der Waals surface area contributed by atoms with Gasteiger partial charge in [-0.2, -0.15) is 5.10 Å². The van der Waals surface area contributed by atoms with Gasteiger partial charge in [0.1, 0.15) is 11.9 Å². The predicted octanol–water partition coefficient (Wildman–Crippen LogP) is 0.943. The molecule has 0 spiro atoms. The van der Waals surface area contributed by atoms with E-state index >= 15 is 4.39 Å². The second kappa shape index (κ2) is 9.42. The van der Waals surface area contributed by atoms with Crippen LogP contribution in [0.2, 0.25) is 0 Å². The molecule has 3 aliphatic heterocycles. The molecule has 1 aromatic heterocycles. The van der Waals surface area contributed by atoms with Crippen molar-refractivity contribution in [2.24, 2.45) is 5.92 Å². The SMILES string of the molecule is Cc1nn(C2CCC(=O)NC2=O)c(=O)c2cc(N3CCN(CC4CCNCC4)CC3)c(F)cc12. The molecule has 3 fully saturated rings. The van der Waals surface area contributed by atoms with Crippen LogP contribution >= 0.6 is 0 Å². The van der Waals surface area contributed by atoms with Crippen molar-refractivity contribution in [1.29, 1.82) is 0 Å². The van der Waals surface area contributed by atoms with Gasteiger partial charge in [0.15, 0.2) is 0 Å². The molecule has 0 saturated carbocycles. The van der Waals surface area contributed by atoms with Crippen molar-refractivity contribution in [3.8, 4) is 0 Å². The van der Waals surface area contributed by atoms with Crippen molar-refractivity contribution in [1.82, 2.24) is 25.3 Å². The van der Waals surface area contributed by atoms with Gasteiger partial charge in [-0.05, 0) is 57.3 Å². The van der Waals surface area contributed by atoms with Crippen LogP contribution in [0.5, 0.6) is 0 Å². The predicted molar refractivity (Wildman–Crippen MR) is 126 cm³/mol. The molecule has 1 unspecified atom stereocenters. The number of rotatable bonds is 4. The van der Waals surface area contributed by atoms with E-state index in [-0.39, 0.29) is 24.6 Å². The highest BCUT2D eigenvalue weighted by Gasteiger charge is 2.31. The van der Waals surface area contributed by atoms with Crippen LogP contribution in [0.4, 0.5) is 10.1 Å². The van der Waals surface area contributed by atoms with Crippen LogP contribution in [0.3, 0.4) is 0 Å². The molecule has 0 radical (unpaired) electrons. The fraction of sp³-hybridized carbons (Fsp3) is 0.583. The van der Waals surface area contributed by atoms with Gasteiger partial charge in [-0.3, -0.25) is 24.6 Å². The molecule has 2 amide bonds. The van der Waals surface area contributed by atoms with Gasteiger partial charge in [0.2, 0.25) is 5.91 Å². The van der Waals surface area contributed by atoms with Crippen LogP contribution in [0, 0.1) is 18.7 Å². The lowest BCUT2D eigenvalue weighted by Gasteiger charge is -2.38. The number of hydrogen-bond donors (Lipinski definition) is 2. The molecule has 2 N–H and O–H groups in total. The van der Waals surface area contributed by atoms with E-state index in [1.165, 1.54) is 18.9 Å². The maximum absolute atomic E-state index is 15.1. The number of benzene rings is 1. The number of piperazine rings is 1. The Morgan fingerprint density at radius 1 is 1.03 bits per heavy atom. The van der Waals surface area contributed by atoms with Crippen LogP contribution in [0.1, 0.15) is 37.4 Å². The molecule has 2 aromatic rings. The lowest BCUT2D eigenvalue weighted by Crippen LogP contribution is -2.49. The highest BCUT2D eigenvalue weighted by atomic mass is 19.1. The third-order valence-electron chi connectivity index (χ3n) is 7.37. The number of piperidine rings is 2. The molecule has 4 heterocycles. The minimum atomic E-state index is -0.847. The van der Waals surface area contributed by atoms with Crippen LogP contribution in [0.15, 0.2) is 16.9 Å². The molecule has 0 bridgehead atoms. The van der Waals surface area contributed by atoms with E-state index in [2.05, 4.69) is 20.6 Å². The van der Waals surface area contributed by atoms with Crippen molar-refractivity contribution in [3.63, 3.8) is 0 Å². The van der Waals surface area contributed by atoms with Crippen molar-refractivity contribution in [2.75, 3.05) is 50.7 Å². The summed E-state index contributed by atoms with van der Waals surface area (Å²) in [5.74, 6) is -0.541. The lowest BCUT2D eigenvalue weighted by atomic mass is 9.97. The number of amides is 2. The average molecular weight is 471 g/mol. The number of nitrogens with one attached hydrogen (secondary N) is 2. The third-order valence-corrected chi connectivity index (χ3v) is 7.37. The topological polar surface area (TPSA) is 99.6 Å². The molecule has 182 valence electrons. The van der Waals surface area contributed by atoms with Gasteiger partial charge in [-0.1, -0.05) is 0 Å². The van der Waals surface area contributed by atoms with E-state index in [1.54, 1.807) is 13.0 Å². The van der Waals surface area contributed by atoms with E-state index in [1.807, 2.05) is 4.90 Å². The van der Waals surface area contributed by atoms with Crippen molar-refractivity contribution in [3.05, 3.63) is 34.0 Å². The van der Waals surface area contributed by atoms with Gasteiger partial charge in [-0.25, -0.2) is 9.07 Å². The summed E-state index contributed by atoms with van der Waals surface area (Å²) in [5.41, 5.74) is 0.434. The zero-order chi connectivity index (χ0) is 23.8. The summed E-state index contributed by atoms with van der Waals surface area (Å²) in [6.45, 7) is 8.04. The minimum Gasteiger partial charge on any atom is -0.367 e. The van der Waals surface area contributed by atoms with Gasteiger partial charge in [0.25, 0.3) is 11.5 Å². The highest BCUT2D eigenvalue weighted by molar-refractivity contribution is 5.99. The van der Waals surface area contributed by atoms with Crippen molar-refractivity contribution < 1.29 is 14.0 Å². The normalized spacial score (nSPS) is 22.9. The molecule has 34 heavy (non-hydrogen) atoms. The molecule has 1 atom stereocenters. The summed E-state index contributed by atoms with van der Waals surface area (Å²) in [4.78, 5) is 41.6. The molecule has 3 aliphatic rings. The van der Waals surface area contributed by atoms with E-state index < -0.39 is 17.5 Å². The number of hydrogen-bond acceptors (Lipinski definition) is 7. The minimum absolute atomic E-state index is 0.151. The van der Waals surface area contributed by atoms with Gasteiger partial charge < -0.3 is 10.2 Å². The zero-order valence-electron chi connectivity index (χ0n) is 19.5. The third kappa shape index (κ3) is 4.44. The number of imide groups is 1. The Morgan fingerprint density at radius 2 is 1.76 bits per heavy atom. The second-order valence-corrected chi connectivity index (χ2v) is 9.63. The standard InChI is InChI=1S/C24H31FN6O3/c1-15-17-12-19(25)21(30-10-8-29(9-11-30)14-16-4-6-26-7-5-16)13-18(17)24(34)31(28-15)20-2-3-22(32)27-23(20)33/h12-13,16,20,26H,2-11,14H2,1H3,(H,27,32,33). The molecule has 1 aromatic carbocycles. The summed E-state index contributed by atoms with van der Waals surface area (Å²) in [6, 6.07) is 2.14. The Balaban J connectivity index is 1.39. The molecular formula is C24H31FN6O3. The molecule has 10 heteroatoms. The Hall–Kier alpha value is -2.85. The van der Waals surface area contributed by atoms with Gasteiger partial charge in [0.05, 0.1) is 16.8 Å². The van der Waals surface area contributed by atoms with E-state index in [0.29, 0.717) is 41.2 Å². The molecule has 0 aliphatic carbocycles. The number of fused-ring (bicyclic) bond motifs is 1. The average Bonchev–Trinajstić information content (AvgIpc) is 2.83. The number of anilines is 1. The fourth-order valence-corrected chi connectivity index (χ4v) is 5.39. The maximum atomic E-state index is 15.1. The molecule has 5 rings (SSSR count). The first-order valence-electron chi connectivity index (χ1n) is 12.1. The quantitative estimate of drug-likeness (QED) is 0.642. The monoisotopic (exact) mass is 470 g/mol. The van der Waals surface area contributed by atoms with E-state index in [9.17, 15) is 14.4 Å². The maximum Gasteiger partial charge on any atom is 0.275 e. The van der Waals surface area contributed by atoms with Crippen LogP contribution in [0.25, 0.3) is 10.8 Å². The van der Waals surface area contributed by atoms with E-state index in [4.69, 9.17) is 0 Å². The van der Waals surface area contributed by atoms with Gasteiger partial charge in [0, 0.05) is 44.5 Å². The number of aryl methyl sites for hydroxylation is 1. The smallest absolute Gasteiger partial charge is 0.275 e. The van der Waals surface area contributed by atoms with Crippen molar-refractivity contribution >= 4 is 28.3 Å². The number of aromatic nitrogens is 2. The largest absolute Gasteiger partial charge is 0.367 e. The molecule has 9 nitrogen and oxygen atoms in total. The summed E-state index contributed by atoms with van der Waals surface area (Å²) in [5, 5.41) is 10.7. The Labute approximate surface area is 197 Å². The van der Waals surface area contributed by atoms with Crippen LogP contribution < -0.4 is 21.1 Å². The number of carbonyl (C=O) groups excluding carboxylic acids is 2. The summed E-state index contributed by atoms with van der Waals surface area (Å²) in [7, 11) is 0. The van der Waals surface area contributed by atoms with Gasteiger partial charge >= 0.3 is 0 Å². The molecule has 3 saturated heterocycles. The second-order valence-electron chi connectivity index (χ2n) is 9.63. The Bertz CT molecular complexity index is 1170. The van der Waals surface area contributed by atoms with Crippen LogP contribution in [-0.4, -0.2) is 72.3 Å². The first-order chi connectivity index (χ1) is 16.4. The molecular weight excluding hydrogens is 439 g/mol. The summed E-state index contributed by atoms with van der Waals surface area (Å²) >= 11 is 0. The van der Waals surface area contributed by atoms with Crippen LogP contribution in [-0.2, 0) is 9.59 Å². The number of nitrogens with zero attached hydrogens (tertiary/aromatic N) is 4. The fourth-order valence-electron chi connectivity index (χ4n) is 5.39. The number of carbonyl (C=O) groups is 2. The first-order valence-corrected chi connectivity index (χ1v) is 12.1. The number of halogens is 1. The van der Waals surface area contributed by atoms with E-state index in [0.717, 1.165) is 37.4 Å². The first kappa shape index (κ1) is 22.9. The Morgan fingerprint density at radius 3 is 2.47 bits per heavy atom.